The van der Waals surface area contributed by atoms with Crippen LogP contribution in [-0.2, 0) is 23.9 Å². The standard InChI is InChI=1S/C45H54N10O7S/c1-29-28-47-44(51-40(29)48-31-7-5-8-33(27-31)63-52-45(2,3)4)49-30-11-13-32(14-12-30)53-19-21-54(22-20-53)38(57)17-23-61-25-26-62-24-18-46-35-10-6-9-34-39(35)43(60)55(42(34)59)36-15-16-37(56)50-41(36)58/h5-14,27-28,36,46,52H,15-26H2,1-4H3,(H,50,56,58)(H2,47,48,49,51). The maximum absolute atomic E-state index is 13.3. The van der Waals surface area contributed by atoms with Crippen LogP contribution in [0.4, 0.5) is 34.5 Å². The molecular formula is C45H54N10O7S. The molecule has 1 aromatic heterocycles. The maximum Gasteiger partial charge on any atom is 0.264 e. The molecule has 63 heavy (non-hydrogen) atoms. The second kappa shape index (κ2) is 20.4. The molecule has 1 unspecified atom stereocenters. The van der Waals surface area contributed by atoms with Crippen molar-refractivity contribution in [3.63, 3.8) is 0 Å². The molecule has 17 nitrogen and oxygen atoms in total. The number of piperidine rings is 1. The van der Waals surface area contributed by atoms with Gasteiger partial charge < -0.3 is 35.2 Å². The molecule has 4 aromatic rings. The van der Waals surface area contributed by atoms with Crippen molar-refractivity contribution >= 4 is 76.0 Å². The number of ether oxygens (including phenoxy) is 2. The van der Waals surface area contributed by atoms with Crippen molar-refractivity contribution in [3.8, 4) is 0 Å². The summed E-state index contributed by atoms with van der Waals surface area (Å²) in [5.41, 5.74) is 4.67. The lowest BCUT2D eigenvalue weighted by Crippen LogP contribution is -2.54. The summed E-state index contributed by atoms with van der Waals surface area (Å²) in [5, 5.41) is 12.1. The van der Waals surface area contributed by atoms with E-state index < -0.39 is 29.7 Å². The zero-order valence-corrected chi connectivity index (χ0v) is 36.8. The van der Waals surface area contributed by atoms with E-state index in [1.54, 1.807) is 36.3 Å². The van der Waals surface area contributed by atoms with Crippen LogP contribution in [0, 0.1) is 6.92 Å². The van der Waals surface area contributed by atoms with E-state index in [0.717, 1.165) is 51.3 Å². The number of carbonyl (C=O) groups is 5. The maximum atomic E-state index is 13.3. The molecule has 0 radical (unpaired) electrons. The first-order valence-electron chi connectivity index (χ1n) is 21.1. The van der Waals surface area contributed by atoms with Gasteiger partial charge in [-0.25, -0.2) is 4.98 Å². The van der Waals surface area contributed by atoms with Crippen LogP contribution in [-0.4, -0.2) is 120 Å². The average Bonchev–Trinajstić information content (AvgIpc) is 3.52. The summed E-state index contributed by atoms with van der Waals surface area (Å²) in [6, 6.07) is 20.2. The third-order valence-electron chi connectivity index (χ3n) is 10.5. The second-order valence-electron chi connectivity index (χ2n) is 16.4. The van der Waals surface area contributed by atoms with Gasteiger partial charge >= 0.3 is 0 Å². The van der Waals surface area contributed by atoms with Gasteiger partial charge in [0, 0.05) is 84.1 Å². The summed E-state index contributed by atoms with van der Waals surface area (Å²) in [5.74, 6) is -0.938. The highest BCUT2D eigenvalue weighted by atomic mass is 32.2. The fourth-order valence-electron chi connectivity index (χ4n) is 7.27. The van der Waals surface area contributed by atoms with Gasteiger partial charge in [0.1, 0.15) is 11.9 Å². The minimum absolute atomic E-state index is 0.00732. The zero-order chi connectivity index (χ0) is 44.5. The number of hydrogen-bond acceptors (Lipinski definition) is 15. The quantitative estimate of drug-likeness (QED) is 0.0493. The summed E-state index contributed by atoms with van der Waals surface area (Å²) in [4.78, 5) is 78.6. The Balaban J connectivity index is 0.770. The first kappa shape index (κ1) is 45.0. The molecule has 2 saturated heterocycles. The number of benzene rings is 3. The SMILES string of the molecule is Cc1cnc(Nc2ccc(N3CCN(C(=O)CCOCCOCCNc4cccc5c4C(=O)N(C4CCC(=O)NC4=O)C5=O)CC3)cc2)nc1Nc1cccc(SNC(C)(C)C)c1. The Labute approximate surface area is 371 Å². The molecule has 3 aliphatic heterocycles. The van der Waals surface area contributed by atoms with E-state index in [4.69, 9.17) is 14.5 Å². The van der Waals surface area contributed by atoms with Gasteiger partial charge in [-0.1, -0.05) is 12.1 Å². The van der Waals surface area contributed by atoms with Gasteiger partial charge in [-0.3, -0.25) is 38.9 Å². The first-order valence-corrected chi connectivity index (χ1v) is 21.9. The monoisotopic (exact) mass is 878 g/mol. The highest BCUT2D eigenvalue weighted by molar-refractivity contribution is 7.97. The van der Waals surface area contributed by atoms with Gasteiger partial charge in [0.15, 0.2) is 0 Å². The van der Waals surface area contributed by atoms with Crippen LogP contribution < -0.4 is 30.9 Å². The summed E-state index contributed by atoms with van der Waals surface area (Å²) < 4.78 is 14.8. The number of fused-ring (bicyclic) bond motifs is 1. The van der Waals surface area contributed by atoms with Crippen LogP contribution in [0.2, 0.25) is 0 Å². The lowest BCUT2D eigenvalue weighted by molar-refractivity contribution is -0.136. The van der Waals surface area contributed by atoms with E-state index in [-0.39, 0.29) is 48.4 Å². The number of rotatable bonds is 18. The number of piperazine rings is 1. The van der Waals surface area contributed by atoms with Crippen molar-refractivity contribution in [2.45, 2.75) is 63.4 Å². The number of carbonyl (C=O) groups excluding carboxylic acids is 5. The molecule has 332 valence electrons. The number of anilines is 6. The minimum Gasteiger partial charge on any atom is -0.382 e. The number of nitrogens with zero attached hydrogens (tertiary/aromatic N) is 5. The van der Waals surface area contributed by atoms with Crippen LogP contribution in [0.3, 0.4) is 0 Å². The molecule has 3 aromatic carbocycles. The molecule has 0 aliphatic carbocycles. The summed E-state index contributed by atoms with van der Waals surface area (Å²) in [6.07, 6.45) is 2.23. The van der Waals surface area contributed by atoms with Crippen LogP contribution in [0.5, 0.6) is 0 Å². The van der Waals surface area contributed by atoms with Crippen molar-refractivity contribution in [3.05, 3.63) is 89.6 Å². The number of imide groups is 2. The Bertz CT molecular complexity index is 2310. The molecule has 5 amide bonds. The topological polar surface area (TPSA) is 199 Å². The Morgan fingerprint density at radius 2 is 1.62 bits per heavy atom. The van der Waals surface area contributed by atoms with Gasteiger partial charge in [0.25, 0.3) is 11.8 Å². The van der Waals surface area contributed by atoms with Gasteiger partial charge in [0.2, 0.25) is 23.7 Å². The van der Waals surface area contributed by atoms with E-state index in [0.29, 0.717) is 51.1 Å². The van der Waals surface area contributed by atoms with Gasteiger partial charge in [0.05, 0.1) is 44.0 Å². The molecule has 0 spiro atoms. The number of amides is 5. The molecule has 4 heterocycles. The number of aromatic nitrogens is 2. The Hall–Kier alpha value is -6.08. The molecule has 3 aliphatic rings. The number of hydrogen-bond donors (Lipinski definition) is 5. The first-order chi connectivity index (χ1) is 30.3. The predicted molar refractivity (Wildman–Crippen MR) is 242 cm³/mol. The lowest BCUT2D eigenvalue weighted by Gasteiger charge is -2.36. The molecule has 1 atom stereocenters. The Morgan fingerprint density at radius 3 is 2.37 bits per heavy atom. The van der Waals surface area contributed by atoms with E-state index in [1.807, 2.05) is 36.1 Å². The van der Waals surface area contributed by atoms with Crippen molar-refractivity contribution in [1.82, 2.24) is 29.8 Å². The van der Waals surface area contributed by atoms with Gasteiger partial charge in [-0.05, 0) is 101 Å². The number of nitrogens with one attached hydrogen (secondary N) is 5. The van der Waals surface area contributed by atoms with Gasteiger partial charge in [-0.15, -0.1) is 0 Å². The third-order valence-corrected chi connectivity index (χ3v) is 11.7. The Morgan fingerprint density at radius 1 is 0.873 bits per heavy atom. The minimum atomic E-state index is -1.03. The molecular weight excluding hydrogens is 825 g/mol. The van der Waals surface area contributed by atoms with Crippen LogP contribution in [0.15, 0.2) is 77.8 Å². The van der Waals surface area contributed by atoms with E-state index in [2.05, 4.69) is 80.9 Å². The highest BCUT2D eigenvalue weighted by Gasteiger charge is 2.45. The molecule has 5 N–H and O–H groups in total. The van der Waals surface area contributed by atoms with E-state index >= 15 is 0 Å². The summed E-state index contributed by atoms with van der Waals surface area (Å²) in [6.45, 7) is 12.6. The van der Waals surface area contributed by atoms with Crippen molar-refractivity contribution < 1.29 is 33.4 Å². The fraction of sp³-hybridized carbons (Fsp3) is 0.400. The summed E-state index contributed by atoms with van der Waals surface area (Å²) >= 11 is 1.60. The molecule has 18 heteroatoms. The Kier molecular flexibility index (Phi) is 14.6. The van der Waals surface area contributed by atoms with Crippen LogP contribution >= 0.6 is 11.9 Å². The predicted octanol–water partition coefficient (Wildman–Crippen LogP) is 5.25. The zero-order valence-electron chi connectivity index (χ0n) is 36.0. The lowest BCUT2D eigenvalue weighted by atomic mass is 10.0. The number of aryl methyl sites for hydroxylation is 1. The smallest absolute Gasteiger partial charge is 0.264 e. The largest absolute Gasteiger partial charge is 0.382 e. The van der Waals surface area contributed by atoms with Crippen molar-refractivity contribution in [2.24, 2.45) is 0 Å². The molecule has 0 saturated carbocycles. The normalized spacial score (nSPS) is 16.6. The summed E-state index contributed by atoms with van der Waals surface area (Å²) in [7, 11) is 0. The van der Waals surface area contributed by atoms with Crippen LogP contribution in [0.1, 0.15) is 66.3 Å². The molecule has 7 rings (SSSR count). The average molecular weight is 879 g/mol. The van der Waals surface area contributed by atoms with Crippen molar-refractivity contribution in [2.75, 3.05) is 80.0 Å². The molecule has 0 bridgehead atoms. The molecule has 2 fully saturated rings. The highest BCUT2D eigenvalue weighted by Crippen LogP contribution is 2.32. The van der Waals surface area contributed by atoms with E-state index in [9.17, 15) is 24.0 Å². The fourth-order valence-corrected chi connectivity index (χ4v) is 8.03. The third kappa shape index (κ3) is 11.7. The second-order valence-corrected chi connectivity index (χ2v) is 17.3. The van der Waals surface area contributed by atoms with Crippen molar-refractivity contribution in [1.29, 1.82) is 0 Å². The van der Waals surface area contributed by atoms with E-state index in [1.165, 1.54) is 0 Å². The van der Waals surface area contributed by atoms with Gasteiger partial charge in [-0.2, -0.15) is 4.98 Å². The van der Waals surface area contributed by atoms with Crippen LogP contribution in [0.25, 0.3) is 0 Å².